The molecule has 0 radical (unpaired) electrons. The van der Waals surface area contributed by atoms with Crippen molar-refractivity contribution in [3.63, 3.8) is 0 Å². The average Bonchev–Trinajstić information content (AvgIpc) is 2.55. The highest BCUT2D eigenvalue weighted by Gasteiger charge is 2.21. The Hall–Kier alpha value is -2.63. The normalized spacial score (nSPS) is 9.83. The van der Waals surface area contributed by atoms with Crippen LogP contribution in [0.25, 0.3) is 6.08 Å². The summed E-state index contributed by atoms with van der Waals surface area (Å²) in [4.78, 5) is 34.8. The third-order valence-corrected chi connectivity index (χ3v) is 2.78. The number of hydrogen-bond donors (Lipinski definition) is 1. The van der Waals surface area contributed by atoms with Crippen molar-refractivity contribution in [3.8, 4) is 0 Å². The molecule has 1 aromatic rings. The van der Waals surface area contributed by atoms with E-state index in [1.54, 1.807) is 0 Å². The highest BCUT2D eigenvalue weighted by Crippen LogP contribution is 2.12. The zero-order valence-electron chi connectivity index (χ0n) is 13.2. The van der Waals surface area contributed by atoms with Crippen LogP contribution in [0.2, 0.25) is 0 Å². The van der Waals surface area contributed by atoms with Gasteiger partial charge in [0.1, 0.15) is 5.57 Å². The smallest absolute Gasteiger partial charge is 0.345 e. The van der Waals surface area contributed by atoms with E-state index in [1.807, 2.05) is 13.8 Å². The summed E-state index contributed by atoms with van der Waals surface area (Å²) in [6, 6.07) is 5.79. The third kappa shape index (κ3) is 5.94. The Bertz CT molecular complexity index is 564. The molecule has 0 aliphatic rings. The number of aromatic carboxylic acids is 1. The minimum absolute atomic E-state index is 0.116. The summed E-state index contributed by atoms with van der Waals surface area (Å²) in [5.41, 5.74) is 0.410. The Kier molecular flexibility index (Phi) is 7.53. The third-order valence-electron chi connectivity index (χ3n) is 2.78. The van der Waals surface area contributed by atoms with E-state index in [-0.39, 0.29) is 24.4 Å². The van der Waals surface area contributed by atoms with Gasteiger partial charge in [0.05, 0.1) is 18.8 Å². The van der Waals surface area contributed by atoms with E-state index in [0.29, 0.717) is 18.4 Å². The van der Waals surface area contributed by atoms with Crippen LogP contribution in [0, 0.1) is 0 Å². The molecule has 1 N–H and O–H groups in total. The van der Waals surface area contributed by atoms with Gasteiger partial charge in [-0.2, -0.15) is 0 Å². The molecule has 0 heterocycles. The van der Waals surface area contributed by atoms with Crippen molar-refractivity contribution in [2.75, 3.05) is 13.2 Å². The minimum Gasteiger partial charge on any atom is -0.478 e. The summed E-state index contributed by atoms with van der Waals surface area (Å²) in [6.45, 7) is 4.10. The number of hydrogen-bond acceptors (Lipinski definition) is 5. The number of benzene rings is 1. The maximum atomic E-state index is 12.0. The molecule has 0 saturated heterocycles. The van der Waals surface area contributed by atoms with Crippen molar-refractivity contribution >= 4 is 24.0 Å². The van der Waals surface area contributed by atoms with E-state index >= 15 is 0 Å². The monoisotopic (exact) mass is 320 g/mol. The number of ether oxygens (including phenoxy) is 2. The molecule has 0 fully saturated rings. The molecule has 0 bridgehead atoms. The van der Waals surface area contributed by atoms with Crippen molar-refractivity contribution in [1.29, 1.82) is 0 Å². The van der Waals surface area contributed by atoms with E-state index in [2.05, 4.69) is 0 Å². The van der Waals surface area contributed by atoms with Gasteiger partial charge in [0.15, 0.2) is 0 Å². The van der Waals surface area contributed by atoms with Gasteiger partial charge < -0.3 is 14.6 Å². The molecular weight excluding hydrogens is 300 g/mol. The molecule has 6 nitrogen and oxygen atoms in total. The molecule has 23 heavy (non-hydrogen) atoms. The standard InChI is InChI=1S/C17H20O6/c1-3-9-22-16(20)14(17(21)23-10-4-2)11-12-5-7-13(8-6-12)15(18)19/h5-8,11H,3-4,9-10H2,1-2H3,(H,18,19). The van der Waals surface area contributed by atoms with Gasteiger partial charge in [-0.3, -0.25) is 0 Å². The molecule has 0 aliphatic heterocycles. The summed E-state index contributed by atoms with van der Waals surface area (Å²) in [7, 11) is 0. The van der Waals surface area contributed by atoms with Crippen LogP contribution >= 0.6 is 0 Å². The fraction of sp³-hybridized carbons (Fsp3) is 0.353. The molecular formula is C17H20O6. The molecule has 0 atom stereocenters. The van der Waals surface area contributed by atoms with Gasteiger partial charge in [-0.25, -0.2) is 14.4 Å². The van der Waals surface area contributed by atoms with Gasteiger partial charge in [-0.15, -0.1) is 0 Å². The summed E-state index contributed by atoms with van der Waals surface area (Å²) >= 11 is 0. The van der Waals surface area contributed by atoms with Crippen molar-refractivity contribution in [3.05, 3.63) is 41.0 Å². The van der Waals surface area contributed by atoms with Crippen molar-refractivity contribution in [1.82, 2.24) is 0 Å². The molecule has 0 aromatic heterocycles. The van der Waals surface area contributed by atoms with E-state index in [1.165, 1.54) is 30.3 Å². The lowest BCUT2D eigenvalue weighted by atomic mass is 10.1. The summed E-state index contributed by atoms with van der Waals surface area (Å²) in [5, 5.41) is 8.86. The fourth-order valence-electron chi connectivity index (χ4n) is 1.63. The Morgan fingerprint density at radius 2 is 1.43 bits per heavy atom. The molecule has 0 amide bonds. The number of carboxylic acids is 1. The van der Waals surface area contributed by atoms with E-state index in [9.17, 15) is 14.4 Å². The maximum Gasteiger partial charge on any atom is 0.345 e. The van der Waals surface area contributed by atoms with Crippen LogP contribution in [0.1, 0.15) is 42.6 Å². The lowest BCUT2D eigenvalue weighted by Gasteiger charge is -2.08. The summed E-state index contributed by atoms with van der Waals surface area (Å²) < 4.78 is 9.97. The SMILES string of the molecule is CCCOC(=O)C(=Cc1ccc(C(=O)O)cc1)C(=O)OCCC. The van der Waals surface area contributed by atoms with Gasteiger partial charge in [0, 0.05) is 0 Å². The number of rotatable bonds is 8. The molecule has 1 rings (SSSR count). The van der Waals surface area contributed by atoms with Crippen molar-refractivity contribution in [2.24, 2.45) is 0 Å². The second-order valence-electron chi connectivity index (χ2n) is 4.76. The van der Waals surface area contributed by atoms with Crippen LogP contribution in [0.5, 0.6) is 0 Å². The van der Waals surface area contributed by atoms with Gasteiger partial charge in [0.2, 0.25) is 0 Å². The molecule has 0 spiro atoms. The van der Waals surface area contributed by atoms with E-state index in [4.69, 9.17) is 14.6 Å². The van der Waals surface area contributed by atoms with Gasteiger partial charge in [-0.1, -0.05) is 26.0 Å². The Balaban J connectivity index is 3.03. The first-order chi connectivity index (χ1) is 11.0. The average molecular weight is 320 g/mol. The lowest BCUT2D eigenvalue weighted by Crippen LogP contribution is -2.19. The molecule has 1 aromatic carbocycles. The van der Waals surface area contributed by atoms with Crippen LogP contribution in [0.15, 0.2) is 29.8 Å². The Labute approximate surface area is 134 Å². The van der Waals surface area contributed by atoms with Gasteiger partial charge in [0.25, 0.3) is 0 Å². The van der Waals surface area contributed by atoms with Crippen LogP contribution in [0.3, 0.4) is 0 Å². The maximum absolute atomic E-state index is 12.0. The Morgan fingerprint density at radius 3 is 1.83 bits per heavy atom. The zero-order valence-corrected chi connectivity index (χ0v) is 13.2. The number of carbonyl (C=O) groups excluding carboxylic acids is 2. The quantitative estimate of drug-likeness (QED) is 0.343. The molecule has 0 aliphatic carbocycles. The second kappa shape index (κ2) is 9.40. The largest absolute Gasteiger partial charge is 0.478 e. The minimum atomic E-state index is -1.05. The molecule has 0 unspecified atom stereocenters. The van der Waals surface area contributed by atoms with E-state index < -0.39 is 17.9 Å². The highest BCUT2D eigenvalue weighted by molar-refractivity contribution is 6.17. The second-order valence-corrected chi connectivity index (χ2v) is 4.76. The van der Waals surface area contributed by atoms with Crippen molar-refractivity contribution < 1.29 is 29.0 Å². The van der Waals surface area contributed by atoms with Crippen LogP contribution in [-0.4, -0.2) is 36.2 Å². The fourth-order valence-corrected chi connectivity index (χ4v) is 1.63. The topological polar surface area (TPSA) is 89.9 Å². The van der Waals surface area contributed by atoms with E-state index in [0.717, 1.165) is 0 Å². The lowest BCUT2D eigenvalue weighted by molar-refractivity contribution is -0.147. The highest BCUT2D eigenvalue weighted by atomic mass is 16.6. The van der Waals surface area contributed by atoms with Gasteiger partial charge in [-0.05, 0) is 36.6 Å². The first-order valence-corrected chi connectivity index (χ1v) is 7.38. The first-order valence-electron chi connectivity index (χ1n) is 7.38. The molecule has 124 valence electrons. The zero-order chi connectivity index (χ0) is 17.2. The predicted octanol–water partition coefficient (Wildman–Crippen LogP) is 2.67. The predicted molar refractivity (Wildman–Crippen MR) is 83.9 cm³/mol. The van der Waals surface area contributed by atoms with Crippen LogP contribution < -0.4 is 0 Å². The number of carboxylic acid groups (broad SMARTS) is 1. The Morgan fingerprint density at radius 1 is 0.957 bits per heavy atom. The van der Waals surface area contributed by atoms with Gasteiger partial charge >= 0.3 is 17.9 Å². The summed E-state index contributed by atoms with van der Waals surface area (Å²) in [5.74, 6) is -2.56. The van der Waals surface area contributed by atoms with Crippen LogP contribution in [0.4, 0.5) is 0 Å². The number of carbonyl (C=O) groups is 3. The number of esters is 2. The molecule has 0 saturated carbocycles. The first kappa shape index (κ1) is 18.4. The molecule has 6 heteroatoms. The van der Waals surface area contributed by atoms with Crippen LogP contribution in [-0.2, 0) is 19.1 Å². The summed E-state index contributed by atoms with van der Waals surface area (Å²) in [6.07, 6.45) is 2.61. The van der Waals surface area contributed by atoms with Crippen molar-refractivity contribution in [2.45, 2.75) is 26.7 Å².